The Morgan fingerprint density at radius 3 is 2.69 bits per heavy atom. The van der Waals surface area contributed by atoms with E-state index in [1.165, 1.54) is 17.8 Å². The maximum Gasteiger partial charge on any atom is 0.252 e. The van der Waals surface area contributed by atoms with Crippen molar-refractivity contribution >= 4 is 29.1 Å². The molecule has 8 heteroatoms. The molecule has 2 aromatic carbocycles. The number of rotatable bonds is 5. The van der Waals surface area contributed by atoms with Gasteiger partial charge in [0.05, 0.1) is 11.4 Å². The number of nitrogens with one attached hydrogen (secondary N) is 2. The summed E-state index contributed by atoms with van der Waals surface area (Å²) in [4.78, 5) is 27.2. The number of carbonyl (C=O) groups excluding carboxylic acids is 1. The quantitative estimate of drug-likeness (QED) is 0.496. The molecule has 0 atom stereocenters. The van der Waals surface area contributed by atoms with Gasteiger partial charge in [-0.05, 0) is 36.6 Å². The van der Waals surface area contributed by atoms with Crippen molar-refractivity contribution in [2.45, 2.75) is 19.0 Å². The summed E-state index contributed by atoms with van der Waals surface area (Å²) in [5, 5.41) is 11.7. The Balaban J connectivity index is 1.60. The molecule has 0 saturated carbocycles. The molecule has 2 heterocycles. The first-order valence-corrected chi connectivity index (χ1v) is 10.0. The predicted octanol–water partition coefficient (Wildman–Crippen LogP) is 3.43. The number of hydrogen-bond donors (Lipinski definition) is 2. The summed E-state index contributed by atoms with van der Waals surface area (Å²) >= 11 is 1.26. The Labute approximate surface area is 171 Å². The van der Waals surface area contributed by atoms with Gasteiger partial charge >= 0.3 is 0 Å². The highest BCUT2D eigenvalue weighted by molar-refractivity contribution is 7.99. The largest absolute Gasteiger partial charge is 0.325 e. The SMILES string of the molecule is Cc1cccc(NC(=O)CSc2nnc3[nH]c(=O)cc(-c4ccccc4)n23)c1C. The van der Waals surface area contributed by atoms with E-state index in [-0.39, 0.29) is 17.2 Å². The van der Waals surface area contributed by atoms with Gasteiger partial charge in [0.1, 0.15) is 0 Å². The zero-order valence-corrected chi connectivity index (χ0v) is 16.8. The normalized spacial score (nSPS) is 11.0. The van der Waals surface area contributed by atoms with E-state index in [1.807, 2.05) is 62.4 Å². The van der Waals surface area contributed by atoms with Crippen molar-refractivity contribution in [3.05, 3.63) is 76.1 Å². The van der Waals surface area contributed by atoms with Crippen LogP contribution in [0, 0.1) is 13.8 Å². The average molecular weight is 405 g/mol. The maximum absolute atomic E-state index is 12.5. The Hall–Kier alpha value is -3.39. The van der Waals surface area contributed by atoms with Crippen molar-refractivity contribution in [3.8, 4) is 11.3 Å². The molecule has 146 valence electrons. The molecular formula is C21H19N5O2S. The molecule has 0 fully saturated rings. The number of aryl methyl sites for hydroxylation is 1. The smallest absolute Gasteiger partial charge is 0.252 e. The number of thioether (sulfide) groups is 1. The third-order valence-electron chi connectivity index (χ3n) is 4.66. The van der Waals surface area contributed by atoms with E-state index in [0.29, 0.717) is 16.6 Å². The lowest BCUT2D eigenvalue weighted by atomic mass is 10.1. The molecule has 1 amide bonds. The molecule has 0 spiro atoms. The first-order valence-electron chi connectivity index (χ1n) is 9.05. The van der Waals surface area contributed by atoms with Crippen LogP contribution in [0.15, 0.2) is 64.5 Å². The maximum atomic E-state index is 12.5. The van der Waals surface area contributed by atoms with E-state index in [1.54, 1.807) is 4.40 Å². The van der Waals surface area contributed by atoms with Gasteiger partial charge in [-0.15, -0.1) is 10.2 Å². The number of aromatic amines is 1. The fourth-order valence-corrected chi connectivity index (χ4v) is 3.77. The van der Waals surface area contributed by atoms with Crippen LogP contribution in [0.1, 0.15) is 11.1 Å². The lowest BCUT2D eigenvalue weighted by Gasteiger charge is -2.10. The molecule has 0 radical (unpaired) electrons. The highest BCUT2D eigenvalue weighted by Gasteiger charge is 2.15. The molecule has 0 aliphatic rings. The molecule has 0 aliphatic carbocycles. The Morgan fingerprint density at radius 1 is 1.10 bits per heavy atom. The molecule has 4 aromatic rings. The van der Waals surface area contributed by atoms with Crippen molar-refractivity contribution in [2.75, 3.05) is 11.1 Å². The van der Waals surface area contributed by atoms with Gasteiger partial charge in [0.2, 0.25) is 11.7 Å². The molecule has 2 aromatic heterocycles. The van der Waals surface area contributed by atoms with Crippen LogP contribution in [0.2, 0.25) is 0 Å². The average Bonchev–Trinajstić information content (AvgIpc) is 3.12. The zero-order valence-electron chi connectivity index (χ0n) is 16.0. The van der Waals surface area contributed by atoms with Crippen LogP contribution >= 0.6 is 11.8 Å². The summed E-state index contributed by atoms with van der Waals surface area (Å²) in [6.07, 6.45) is 0. The van der Waals surface area contributed by atoms with Gasteiger partial charge in [-0.25, -0.2) is 0 Å². The monoisotopic (exact) mass is 405 g/mol. The molecule has 29 heavy (non-hydrogen) atoms. The third kappa shape index (κ3) is 3.93. The number of benzene rings is 2. The van der Waals surface area contributed by atoms with Crippen molar-refractivity contribution in [3.63, 3.8) is 0 Å². The van der Waals surface area contributed by atoms with Gasteiger partial charge in [-0.3, -0.25) is 19.0 Å². The number of H-pyrrole nitrogens is 1. The summed E-state index contributed by atoms with van der Waals surface area (Å²) in [6, 6.07) is 16.8. The second-order valence-electron chi connectivity index (χ2n) is 6.61. The molecule has 0 bridgehead atoms. The van der Waals surface area contributed by atoms with E-state index >= 15 is 0 Å². The van der Waals surface area contributed by atoms with Crippen LogP contribution in [0.5, 0.6) is 0 Å². The number of amides is 1. The molecule has 0 unspecified atom stereocenters. The van der Waals surface area contributed by atoms with Crippen molar-refractivity contribution in [2.24, 2.45) is 0 Å². The highest BCUT2D eigenvalue weighted by atomic mass is 32.2. The Kier molecular flexibility index (Phi) is 5.18. The van der Waals surface area contributed by atoms with Crippen molar-refractivity contribution in [1.29, 1.82) is 0 Å². The minimum Gasteiger partial charge on any atom is -0.325 e. The van der Waals surface area contributed by atoms with Crippen molar-refractivity contribution in [1.82, 2.24) is 19.6 Å². The van der Waals surface area contributed by atoms with Crippen LogP contribution in [-0.4, -0.2) is 31.2 Å². The van der Waals surface area contributed by atoms with Crippen LogP contribution in [-0.2, 0) is 4.79 Å². The highest BCUT2D eigenvalue weighted by Crippen LogP contribution is 2.24. The predicted molar refractivity (Wildman–Crippen MR) is 114 cm³/mol. The minimum absolute atomic E-state index is 0.133. The zero-order chi connectivity index (χ0) is 20.4. The van der Waals surface area contributed by atoms with Gasteiger partial charge in [-0.1, -0.05) is 54.2 Å². The summed E-state index contributed by atoms with van der Waals surface area (Å²) in [7, 11) is 0. The fourth-order valence-electron chi connectivity index (χ4n) is 3.02. The standard InChI is InChI=1S/C21H19N5O2S/c1-13-7-6-10-16(14(13)2)22-19(28)12-29-21-25-24-20-23-18(27)11-17(26(20)21)15-8-4-3-5-9-15/h3-11H,12H2,1-2H3,(H,22,28)(H,23,24,27). The molecular weight excluding hydrogens is 386 g/mol. The lowest BCUT2D eigenvalue weighted by Crippen LogP contribution is -2.15. The molecule has 2 N–H and O–H groups in total. The summed E-state index contributed by atoms with van der Waals surface area (Å²) < 4.78 is 1.76. The second kappa shape index (κ2) is 7.92. The first kappa shape index (κ1) is 18.9. The molecule has 0 saturated heterocycles. The van der Waals surface area contributed by atoms with Crippen molar-refractivity contribution < 1.29 is 4.79 Å². The number of nitrogens with zero attached hydrogens (tertiary/aromatic N) is 3. The number of carbonyl (C=O) groups is 1. The van der Waals surface area contributed by atoms with Crippen LogP contribution in [0.25, 0.3) is 17.0 Å². The van der Waals surface area contributed by atoms with Gasteiger partial charge in [0.15, 0.2) is 5.16 Å². The Morgan fingerprint density at radius 2 is 1.90 bits per heavy atom. The summed E-state index contributed by atoms with van der Waals surface area (Å²) in [5.41, 5.74) is 4.25. The van der Waals surface area contributed by atoms with Crippen LogP contribution in [0.4, 0.5) is 5.69 Å². The molecule has 0 aliphatic heterocycles. The van der Waals surface area contributed by atoms with E-state index in [9.17, 15) is 9.59 Å². The lowest BCUT2D eigenvalue weighted by molar-refractivity contribution is -0.113. The number of hydrogen-bond acceptors (Lipinski definition) is 5. The number of aromatic nitrogens is 4. The first-order chi connectivity index (χ1) is 14.0. The number of anilines is 1. The topological polar surface area (TPSA) is 92.2 Å². The second-order valence-corrected chi connectivity index (χ2v) is 7.55. The van der Waals surface area contributed by atoms with Gasteiger partial charge in [0.25, 0.3) is 5.56 Å². The van der Waals surface area contributed by atoms with E-state index in [0.717, 1.165) is 22.4 Å². The summed E-state index contributed by atoms with van der Waals surface area (Å²) in [6.45, 7) is 3.99. The summed E-state index contributed by atoms with van der Waals surface area (Å²) in [5.74, 6) is 0.376. The third-order valence-corrected chi connectivity index (χ3v) is 5.59. The van der Waals surface area contributed by atoms with Gasteiger partial charge < -0.3 is 5.32 Å². The Bertz CT molecular complexity index is 1250. The molecule has 4 rings (SSSR count). The molecule has 7 nitrogen and oxygen atoms in total. The van der Waals surface area contributed by atoms with Crippen LogP contribution < -0.4 is 10.9 Å². The van der Waals surface area contributed by atoms with E-state index in [2.05, 4.69) is 20.5 Å². The van der Waals surface area contributed by atoms with Gasteiger partial charge in [-0.2, -0.15) is 0 Å². The van der Waals surface area contributed by atoms with E-state index in [4.69, 9.17) is 0 Å². The number of fused-ring (bicyclic) bond motifs is 1. The van der Waals surface area contributed by atoms with E-state index < -0.39 is 0 Å². The van der Waals surface area contributed by atoms with Gasteiger partial charge in [0, 0.05) is 11.8 Å². The van der Waals surface area contributed by atoms with Crippen LogP contribution in [0.3, 0.4) is 0 Å². The fraction of sp³-hybridized carbons (Fsp3) is 0.143. The minimum atomic E-state index is -0.257.